The highest BCUT2D eigenvalue weighted by molar-refractivity contribution is 6.30. The summed E-state index contributed by atoms with van der Waals surface area (Å²) in [5.41, 5.74) is 2.31. The van der Waals surface area contributed by atoms with Gasteiger partial charge >= 0.3 is 12.1 Å². The number of aryl methyl sites for hydroxylation is 1. The van der Waals surface area contributed by atoms with Crippen LogP contribution < -0.4 is 0 Å². The molecule has 4 nitrogen and oxygen atoms in total. The van der Waals surface area contributed by atoms with E-state index in [9.17, 15) is 9.90 Å². The number of aliphatic carboxylic acids is 1. The summed E-state index contributed by atoms with van der Waals surface area (Å²) in [5, 5.41) is 10.3. The summed E-state index contributed by atoms with van der Waals surface area (Å²) in [6.07, 6.45) is 0.896. The Morgan fingerprint density at radius 1 is 1.13 bits per heavy atom. The van der Waals surface area contributed by atoms with Crippen molar-refractivity contribution < 1.29 is 19.5 Å². The van der Waals surface area contributed by atoms with E-state index >= 15 is 0 Å². The monoisotopic (exact) mass is 330 g/mol. The Morgan fingerprint density at radius 3 is 2.13 bits per heavy atom. The molecule has 0 bridgehead atoms. The van der Waals surface area contributed by atoms with Gasteiger partial charge in [-0.25, -0.2) is 0 Å². The van der Waals surface area contributed by atoms with Gasteiger partial charge in [-0.05, 0) is 36.6 Å². The minimum absolute atomic E-state index is 0.0433. The molecule has 23 heavy (non-hydrogen) atoms. The summed E-state index contributed by atoms with van der Waals surface area (Å²) in [4.78, 5) is 28.0. The quantitative estimate of drug-likeness (QED) is 0.933. The van der Waals surface area contributed by atoms with Crippen LogP contribution in [-0.2, 0) is 19.8 Å². The molecular weight excluding hydrogens is 316 g/mol. The predicted octanol–water partition coefficient (Wildman–Crippen LogP) is 3.57. The molecule has 2 aromatic carbocycles. The average molecular weight is 331 g/mol. The van der Waals surface area contributed by atoms with Crippen LogP contribution in [0, 0.1) is 6.92 Å². The maximum atomic E-state index is 11.8. The summed E-state index contributed by atoms with van der Waals surface area (Å²) in [5.74, 6) is -0.716. The Balaban J connectivity index is 0.000000595. The molecule has 0 aliphatic heterocycles. The average Bonchev–Trinajstić information content (AvgIpc) is 3.26. The van der Waals surface area contributed by atoms with Crippen LogP contribution in [0.4, 0.5) is 0 Å². The second-order valence-corrected chi connectivity index (χ2v) is 5.97. The van der Waals surface area contributed by atoms with Gasteiger partial charge in [0.15, 0.2) is 0 Å². The summed E-state index contributed by atoms with van der Waals surface area (Å²) in [6.45, 7) is 2.03. The van der Waals surface area contributed by atoms with Crippen molar-refractivity contribution in [2.24, 2.45) is 0 Å². The Labute approximate surface area is 138 Å². The molecule has 0 radical (unpaired) electrons. The number of hydrogen-bond acceptors (Lipinski definition) is 3. The highest BCUT2D eigenvalue weighted by atomic mass is 35.5. The van der Waals surface area contributed by atoms with E-state index in [2.05, 4.69) is 0 Å². The molecule has 118 valence electrons. The third kappa shape index (κ3) is 3.34. The van der Waals surface area contributed by atoms with Crippen molar-refractivity contribution in [3.8, 4) is 0 Å². The van der Waals surface area contributed by atoms with Gasteiger partial charge in [0.1, 0.15) is 5.41 Å². The second kappa shape index (κ2) is 6.78. The van der Waals surface area contributed by atoms with Crippen LogP contribution in [0.2, 0.25) is 5.02 Å². The number of carbonyl (C=O) groups excluding carboxylic acids is 2. The topological polar surface area (TPSA) is 71.4 Å². The van der Waals surface area contributed by atoms with E-state index in [-0.39, 0.29) is 12.1 Å². The first-order valence-corrected chi connectivity index (χ1v) is 7.38. The maximum Gasteiger partial charge on any atom is 0.373 e. The molecule has 1 saturated carbocycles. The van der Waals surface area contributed by atoms with Crippen molar-refractivity contribution >= 4 is 23.7 Å². The van der Waals surface area contributed by atoms with Gasteiger partial charge in [-0.1, -0.05) is 53.6 Å². The standard InChI is InChI=1S/C17H15ClO2.CO2/c1-11-2-4-12(5-3-11)15-10-17(15,16(19)20)13-6-8-14(18)9-7-13;2-1-3/h2-9,15H,10H2,1H3,(H,19,20);/t15-,17+;/m1./s1. The van der Waals surface area contributed by atoms with E-state index in [4.69, 9.17) is 21.2 Å². The van der Waals surface area contributed by atoms with Gasteiger partial charge in [-0.2, -0.15) is 9.59 Å². The molecular formula is C18H15ClO4. The fourth-order valence-corrected chi connectivity index (χ4v) is 3.02. The molecule has 1 aliphatic rings. The third-order valence-electron chi connectivity index (χ3n) is 4.18. The minimum Gasteiger partial charge on any atom is -0.481 e. The van der Waals surface area contributed by atoms with Gasteiger partial charge in [-0.15, -0.1) is 0 Å². The zero-order valence-corrected chi connectivity index (χ0v) is 13.2. The fraction of sp³-hybridized carbons (Fsp3) is 0.222. The van der Waals surface area contributed by atoms with E-state index in [0.717, 1.165) is 11.1 Å². The number of carboxylic acid groups (broad SMARTS) is 1. The van der Waals surface area contributed by atoms with Crippen molar-refractivity contribution in [3.05, 3.63) is 70.2 Å². The molecule has 0 amide bonds. The number of halogens is 1. The molecule has 2 atom stereocenters. The van der Waals surface area contributed by atoms with E-state index in [0.29, 0.717) is 11.4 Å². The molecule has 1 fully saturated rings. The zero-order valence-electron chi connectivity index (χ0n) is 12.5. The van der Waals surface area contributed by atoms with E-state index in [1.54, 1.807) is 12.1 Å². The number of carbonyl (C=O) groups is 1. The number of carboxylic acids is 1. The van der Waals surface area contributed by atoms with Crippen LogP contribution in [0.5, 0.6) is 0 Å². The largest absolute Gasteiger partial charge is 0.481 e. The lowest BCUT2D eigenvalue weighted by atomic mass is 9.90. The van der Waals surface area contributed by atoms with Gasteiger partial charge in [0.25, 0.3) is 0 Å². The van der Waals surface area contributed by atoms with Crippen molar-refractivity contribution in [3.63, 3.8) is 0 Å². The summed E-state index contributed by atoms with van der Waals surface area (Å²) >= 11 is 5.89. The van der Waals surface area contributed by atoms with Crippen LogP contribution in [0.25, 0.3) is 0 Å². The van der Waals surface area contributed by atoms with Crippen LogP contribution in [0.1, 0.15) is 29.0 Å². The molecule has 0 spiro atoms. The van der Waals surface area contributed by atoms with E-state index in [1.165, 1.54) is 5.56 Å². The minimum atomic E-state index is -0.792. The molecule has 1 N–H and O–H groups in total. The van der Waals surface area contributed by atoms with Crippen LogP contribution in [-0.4, -0.2) is 17.2 Å². The van der Waals surface area contributed by atoms with Crippen molar-refractivity contribution in [1.82, 2.24) is 0 Å². The highest BCUT2D eigenvalue weighted by Crippen LogP contribution is 2.60. The predicted molar refractivity (Wildman–Crippen MR) is 84.3 cm³/mol. The lowest BCUT2D eigenvalue weighted by Gasteiger charge is -2.13. The Morgan fingerprint density at radius 2 is 1.65 bits per heavy atom. The molecule has 5 heteroatoms. The first kappa shape index (κ1) is 16.9. The molecule has 0 heterocycles. The highest BCUT2D eigenvalue weighted by Gasteiger charge is 2.62. The molecule has 2 aromatic rings. The van der Waals surface area contributed by atoms with E-state index in [1.807, 2.05) is 43.3 Å². The first-order valence-electron chi connectivity index (χ1n) is 7.01. The normalized spacial score (nSPS) is 21.6. The fourth-order valence-electron chi connectivity index (χ4n) is 2.89. The molecule has 3 rings (SSSR count). The van der Waals surface area contributed by atoms with Crippen LogP contribution in [0.3, 0.4) is 0 Å². The van der Waals surface area contributed by atoms with Gasteiger partial charge in [-0.3, -0.25) is 4.79 Å². The Bertz CT molecular complexity index is 731. The Hall–Kier alpha value is -2.42. The first-order chi connectivity index (χ1) is 11.0. The van der Waals surface area contributed by atoms with Gasteiger partial charge in [0, 0.05) is 10.9 Å². The maximum absolute atomic E-state index is 11.8. The summed E-state index contributed by atoms with van der Waals surface area (Å²) in [6, 6.07) is 15.3. The van der Waals surface area contributed by atoms with Gasteiger partial charge in [0.05, 0.1) is 0 Å². The number of rotatable bonds is 3. The molecule has 0 saturated heterocycles. The van der Waals surface area contributed by atoms with Crippen molar-refractivity contribution in [2.45, 2.75) is 24.7 Å². The van der Waals surface area contributed by atoms with Crippen LogP contribution in [0.15, 0.2) is 48.5 Å². The molecule has 1 aliphatic carbocycles. The zero-order chi connectivity index (χ0) is 17.0. The number of benzene rings is 2. The smallest absolute Gasteiger partial charge is 0.373 e. The molecule has 0 unspecified atom stereocenters. The van der Waals surface area contributed by atoms with E-state index < -0.39 is 11.4 Å². The molecule has 0 aromatic heterocycles. The summed E-state index contributed by atoms with van der Waals surface area (Å²) in [7, 11) is 0. The third-order valence-corrected chi connectivity index (χ3v) is 4.43. The number of hydrogen-bond donors (Lipinski definition) is 1. The van der Waals surface area contributed by atoms with Crippen molar-refractivity contribution in [1.29, 1.82) is 0 Å². The lowest BCUT2D eigenvalue weighted by Crippen LogP contribution is -2.22. The second-order valence-electron chi connectivity index (χ2n) is 5.53. The Kier molecular flexibility index (Phi) is 4.99. The van der Waals surface area contributed by atoms with Crippen LogP contribution >= 0.6 is 11.6 Å². The SMILES string of the molecule is Cc1ccc([C@H]2C[C@]2(C(=O)O)c2ccc(Cl)cc2)cc1.O=C=O. The summed E-state index contributed by atoms with van der Waals surface area (Å²) < 4.78 is 0. The van der Waals surface area contributed by atoms with Gasteiger partial charge in [0.2, 0.25) is 0 Å². The lowest BCUT2D eigenvalue weighted by molar-refractivity contribution is -0.191. The van der Waals surface area contributed by atoms with Crippen molar-refractivity contribution in [2.75, 3.05) is 0 Å². The van der Waals surface area contributed by atoms with Gasteiger partial charge < -0.3 is 5.11 Å².